The Hall–Kier alpha value is -2.04. The Morgan fingerprint density at radius 1 is 1.00 bits per heavy atom. The normalized spacial score (nSPS) is 16.7. The molecule has 126 valence electrons. The average Bonchev–Trinajstić information content (AvgIpc) is 2.64. The van der Waals surface area contributed by atoms with E-state index in [4.69, 9.17) is 11.6 Å². The Balaban J connectivity index is 1.53. The number of amides is 1. The number of rotatable bonds is 4. The third kappa shape index (κ3) is 4.08. The minimum absolute atomic E-state index is 0.0190. The summed E-state index contributed by atoms with van der Waals surface area (Å²) in [5.74, 6) is 0.0190. The molecule has 0 bridgehead atoms. The second-order valence-electron chi connectivity index (χ2n) is 6.03. The third-order valence-electron chi connectivity index (χ3n) is 4.47. The molecule has 24 heavy (non-hydrogen) atoms. The number of piperazine rings is 1. The van der Waals surface area contributed by atoms with E-state index in [1.54, 1.807) is 12.1 Å². The second-order valence-corrected chi connectivity index (χ2v) is 6.47. The fourth-order valence-corrected chi connectivity index (χ4v) is 3.08. The molecule has 0 unspecified atom stereocenters. The number of para-hydroxylation sites is 1. The van der Waals surface area contributed by atoms with E-state index < -0.39 is 0 Å². The van der Waals surface area contributed by atoms with E-state index >= 15 is 0 Å². The fourth-order valence-electron chi connectivity index (χ4n) is 2.95. The highest BCUT2D eigenvalue weighted by Crippen LogP contribution is 2.18. The van der Waals surface area contributed by atoms with Gasteiger partial charge >= 0.3 is 0 Å². The lowest BCUT2D eigenvalue weighted by Gasteiger charge is -2.38. The van der Waals surface area contributed by atoms with Crippen LogP contribution in [0.1, 0.15) is 6.92 Å². The topological polar surface area (TPSA) is 35.6 Å². The average molecular weight is 344 g/mol. The lowest BCUT2D eigenvalue weighted by molar-refractivity contribution is -0.120. The molecule has 1 N–H and O–H groups in total. The lowest BCUT2D eigenvalue weighted by atomic mass is 10.2. The standard InChI is InChI=1S/C19H22ClN3O/c1-15(19(24)21-17-9-7-16(20)8-10-17)22-11-13-23(14-12-22)18-5-3-2-4-6-18/h2-10,15H,11-14H2,1H3,(H,21,24)/t15-/m0/s1. The van der Waals surface area contributed by atoms with Gasteiger partial charge in [0.05, 0.1) is 6.04 Å². The number of nitrogens with one attached hydrogen (secondary N) is 1. The van der Waals surface area contributed by atoms with Crippen LogP contribution in [0.3, 0.4) is 0 Å². The molecule has 1 saturated heterocycles. The molecule has 4 nitrogen and oxygen atoms in total. The van der Waals surface area contributed by atoms with Crippen molar-refractivity contribution in [2.24, 2.45) is 0 Å². The maximum Gasteiger partial charge on any atom is 0.241 e. The lowest BCUT2D eigenvalue weighted by Crippen LogP contribution is -2.52. The Morgan fingerprint density at radius 3 is 2.25 bits per heavy atom. The van der Waals surface area contributed by atoms with E-state index in [2.05, 4.69) is 39.4 Å². The zero-order valence-corrected chi connectivity index (χ0v) is 14.5. The molecule has 1 atom stereocenters. The number of benzene rings is 2. The van der Waals surface area contributed by atoms with Gasteiger partial charge in [-0.05, 0) is 43.3 Å². The van der Waals surface area contributed by atoms with Crippen molar-refractivity contribution in [3.63, 3.8) is 0 Å². The van der Waals surface area contributed by atoms with Gasteiger partial charge in [-0.25, -0.2) is 0 Å². The van der Waals surface area contributed by atoms with E-state index in [0.29, 0.717) is 5.02 Å². The zero-order chi connectivity index (χ0) is 16.9. The minimum atomic E-state index is -0.154. The van der Waals surface area contributed by atoms with Crippen LogP contribution < -0.4 is 10.2 Å². The number of carbonyl (C=O) groups excluding carboxylic acids is 1. The van der Waals surface area contributed by atoms with Crippen molar-refractivity contribution < 1.29 is 4.79 Å². The van der Waals surface area contributed by atoms with Crippen LogP contribution in [-0.4, -0.2) is 43.0 Å². The molecule has 2 aromatic carbocycles. The van der Waals surface area contributed by atoms with Crippen LogP contribution in [0, 0.1) is 0 Å². The van der Waals surface area contributed by atoms with Crippen molar-refractivity contribution in [3.8, 4) is 0 Å². The monoisotopic (exact) mass is 343 g/mol. The van der Waals surface area contributed by atoms with Gasteiger partial charge < -0.3 is 10.2 Å². The number of halogens is 1. The number of anilines is 2. The van der Waals surface area contributed by atoms with Gasteiger partial charge in [-0.15, -0.1) is 0 Å². The van der Waals surface area contributed by atoms with Crippen molar-refractivity contribution in [3.05, 3.63) is 59.6 Å². The fraction of sp³-hybridized carbons (Fsp3) is 0.316. The summed E-state index contributed by atoms with van der Waals surface area (Å²) in [6.07, 6.45) is 0. The summed E-state index contributed by atoms with van der Waals surface area (Å²) in [4.78, 5) is 17.0. The van der Waals surface area contributed by atoms with Gasteiger partial charge in [-0.1, -0.05) is 29.8 Å². The molecule has 1 aliphatic heterocycles. The summed E-state index contributed by atoms with van der Waals surface area (Å²) >= 11 is 5.87. The van der Waals surface area contributed by atoms with Crippen molar-refractivity contribution in [2.75, 3.05) is 36.4 Å². The van der Waals surface area contributed by atoms with Crippen LogP contribution >= 0.6 is 11.6 Å². The maximum atomic E-state index is 12.4. The first-order valence-electron chi connectivity index (χ1n) is 8.24. The highest BCUT2D eigenvalue weighted by atomic mass is 35.5. The molecule has 0 saturated carbocycles. The first kappa shape index (κ1) is 16.8. The summed E-state index contributed by atoms with van der Waals surface area (Å²) in [6.45, 7) is 5.59. The van der Waals surface area contributed by atoms with Crippen LogP contribution in [0.5, 0.6) is 0 Å². The predicted molar refractivity (Wildman–Crippen MR) is 99.8 cm³/mol. The SMILES string of the molecule is C[C@@H](C(=O)Nc1ccc(Cl)cc1)N1CCN(c2ccccc2)CC1. The highest BCUT2D eigenvalue weighted by molar-refractivity contribution is 6.30. The summed E-state index contributed by atoms with van der Waals surface area (Å²) in [6, 6.07) is 17.5. The van der Waals surface area contributed by atoms with Crippen LogP contribution in [0.2, 0.25) is 5.02 Å². The second kappa shape index (κ2) is 7.69. The molecule has 1 heterocycles. The molecular formula is C19H22ClN3O. The summed E-state index contributed by atoms with van der Waals surface area (Å²) in [5, 5.41) is 3.62. The number of hydrogen-bond donors (Lipinski definition) is 1. The third-order valence-corrected chi connectivity index (χ3v) is 4.73. The van der Waals surface area contributed by atoms with Gasteiger partial charge in [-0.2, -0.15) is 0 Å². The summed E-state index contributed by atoms with van der Waals surface area (Å²) in [7, 11) is 0. The van der Waals surface area contributed by atoms with E-state index in [-0.39, 0.29) is 11.9 Å². The van der Waals surface area contributed by atoms with Crippen LogP contribution in [0.25, 0.3) is 0 Å². The quantitative estimate of drug-likeness (QED) is 0.923. The smallest absolute Gasteiger partial charge is 0.241 e. The van der Waals surface area contributed by atoms with Crippen molar-refractivity contribution in [1.29, 1.82) is 0 Å². The number of carbonyl (C=O) groups is 1. The molecule has 3 rings (SSSR count). The van der Waals surface area contributed by atoms with Crippen LogP contribution in [0.4, 0.5) is 11.4 Å². The molecular weight excluding hydrogens is 322 g/mol. The molecule has 1 aliphatic rings. The Labute approximate surface area is 148 Å². The number of nitrogens with zero attached hydrogens (tertiary/aromatic N) is 2. The van der Waals surface area contributed by atoms with Gasteiger partial charge in [0, 0.05) is 42.6 Å². The highest BCUT2D eigenvalue weighted by Gasteiger charge is 2.25. The Bertz CT molecular complexity index is 667. The van der Waals surface area contributed by atoms with Gasteiger partial charge in [0.15, 0.2) is 0 Å². The van der Waals surface area contributed by atoms with Crippen molar-refractivity contribution >= 4 is 28.9 Å². The summed E-state index contributed by atoms with van der Waals surface area (Å²) < 4.78 is 0. The van der Waals surface area contributed by atoms with Gasteiger partial charge in [-0.3, -0.25) is 9.69 Å². The van der Waals surface area contributed by atoms with Crippen LogP contribution in [0.15, 0.2) is 54.6 Å². The van der Waals surface area contributed by atoms with Gasteiger partial charge in [0.1, 0.15) is 0 Å². The zero-order valence-electron chi connectivity index (χ0n) is 13.8. The molecule has 0 aliphatic carbocycles. The van der Waals surface area contributed by atoms with E-state index in [1.165, 1.54) is 5.69 Å². The molecule has 0 aromatic heterocycles. The van der Waals surface area contributed by atoms with E-state index in [9.17, 15) is 4.79 Å². The minimum Gasteiger partial charge on any atom is -0.369 e. The largest absolute Gasteiger partial charge is 0.369 e. The summed E-state index contributed by atoms with van der Waals surface area (Å²) in [5.41, 5.74) is 2.02. The molecule has 1 amide bonds. The van der Waals surface area contributed by atoms with E-state index in [0.717, 1.165) is 31.9 Å². The first-order chi connectivity index (χ1) is 11.6. The number of hydrogen-bond acceptors (Lipinski definition) is 3. The van der Waals surface area contributed by atoms with E-state index in [1.807, 2.05) is 25.1 Å². The molecule has 2 aromatic rings. The molecule has 5 heteroatoms. The van der Waals surface area contributed by atoms with Gasteiger partial charge in [0.2, 0.25) is 5.91 Å². The Kier molecular flexibility index (Phi) is 5.38. The first-order valence-corrected chi connectivity index (χ1v) is 8.62. The van der Waals surface area contributed by atoms with Crippen molar-refractivity contribution in [2.45, 2.75) is 13.0 Å². The molecule has 0 spiro atoms. The van der Waals surface area contributed by atoms with Gasteiger partial charge in [0.25, 0.3) is 0 Å². The van der Waals surface area contributed by atoms with Crippen LogP contribution in [-0.2, 0) is 4.79 Å². The Morgan fingerprint density at radius 2 is 1.62 bits per heavy atom. The van der Waals surface area contributed by atoms with Crippen molar-refractivity contribution in [1.82, 2.24) is 4.90 Å². The molecule has 0 radical (unpaired) electrons. The maximum absolute atomic E-state index is 12.4. The predicted octanol–water partition coefficient (Wildman–Crippen LogP) is 3.49. The molecule has 1 fully saturated rings.